The lowest BCUT2D eigenvalue weighted by atomic mass is 10.0. The number of nitrogens with zero attached hydrogens (tertiary/aromatic N) is 2. The first kappa shape index (κ1) is 13.8. The van der Waals surface area contributed by atoms with Crippen molar-refractivity contribution in [3.05, 3.63) is 71.5 Å². The number of hydrogen-bond acceptors (Lipinski definition) is 3. The molecule has 2 aromatic carbocycles. The molecular formula is C17H13N3O2. The Balaban J connectivity index is 1.80. The van der Waals surface area contributed by atoms with Crippen LogP contribution in [0.5, 0.6) is 0 Å². The third-order valence-corrected chi connectivity index (χ3v) is 3.24. The van der Waals surface area contributed by atoms with E-state index in [1.807, 2.05) is 48.5 Å². The summed E-state index contributed by atoms with van der Waals surface area (Å²) in [6.45, 7) is 0. The van der Waals surface area contributed by atoms with Gasteiger partial charge in [0.25, 0.3) is 0 Å². The van der Waals surface area contributed by atoms with E-state index in [1.54, 1.807) is 6.08 Å². The monoisotopic (exact) mass is 291 g/mol. The maximum Gasteiger partial charge on any atom is 0.358 e. The fourth-order valence-corrected chi connectivity index (χ4v) is 2.11. The molecule has 22 heavy (non-hydrogen) atoms. The molecule has 0 atom stereocenters. The van der Waals surface area contributed by atoms with Crippen LogP contribution in [0.4, 0.5) is 0 Å². The molecule has 2 N–H and O–H groups in total. The third-order valence-electron chi connectivity index (χ3n) is 3.24. The number of aromatic nitrogens is 3. The lowest BCUT2D eigenvalue weighted by Gasteiger charge is -2.01. The number of aromatic amines is 1. The zero-order chi connectivity index (χ0) is 15.4. The molecule has 3 rings (SSSR count). The topological polar surface area (TPSA) is 78.9 Å². The van der Waals surface area contributed by atoms with E-state index in [2.05, 4.69) is 27.5 Å². The second-order valence-electron chi connectivity index (χ2n) is 4.70. The van der Waals surface area contributed by atoms with Crippen LogP contribution in [-0.4, -0.2) is 26.5 Å². The van der Waals surface area contributed by atoms with Crippen LogP contribution in [0.3, 0.4) is 0 Å². The minimum Gasteiger partial charge on any atom is -0.476 e. The van der Waals surface area contributed by atoms with Crippen molar-refractivity contribution in [2.45, 2.75) is 0 Å². The third kappa shape index (κ3) is 2.93. The second-order valence-corrected chi connectivity index (χ2v) is 4.70. The van der Waals surface area contributed by atoms with E-state index >= 15 is 0 Å². The quantitative estimate of drug-likeness (QED) is 0.772. The number of carboxylic acids is 1. The first-order chi connectivity index (χ1) is 10.7. The Morgan fingerprint density at radius 1 is 0.955 bits per heavy atom. The van der Waals surface area contributed by atoms with Crippen LogP contribution in [0.2, 0.25) is 0 Å². The smallest absolute Gasteiger partial charge is 0.358 e. The molecule has 0 saturated heterocycles. The fraction of sp³-hybridized carbons (Fsp3) is 0. The Labute approximate surface area is 126 Å². The molecule has 0 spiro atoms. The second kappa shape index (κ2) is 6.05. The molecule has 0 saturated carbocycles. The Morgan fingerprint density at radius 3 is 2.32 bits per heavy atom. The van der Waals surface area contributed by atoms with Crippen molar-refractivity contribution in [2.75, 3.05) is 0 Å². The number of carboxylic acid groups (broad SMARTS) is 1. The first-order valence-electron chi connectivity index (χ1n) is 6.72. The van der Waals surface area contributed by atoms with Gasteiger partial charge < -0.3 is 5.11 Å². The molecule has 1 heterocycles. The first-order valence-corrected chi connectivity index (χ1v) is 6.72. The highest BCUT2D eigenvalue weighted by Crippen LogP contribution is 2.20. The van der Waals surface area contributed by atoms with Crippen molar-refractivity contribution < 1.29 is 9.90 Å². The van der Waals surface area contributed by atoms with Crippen LogP contribution in [0.25, 0.3) is 23.3 Å². The Morgan fingerprint density at radius 2 is 1.64 bits per heavy atom. The largest absolute Gasteiger partial charge is 0.476 e. The van der Waals surface area contributed by atoms with Crippen molar-refractivity contribution in [3.63, 3.8) is 0 Å². The molecule has 5 heteroatoms. The van der Waals surface area contributed by atoms with Crippen LogP contribution in [0, 0.1) is 0 Å². The highest BCUT2D eigenvalue weighted by molar-refractivity contribution is 5.90. The lowest BCUT2D eigenvalue weighted by molar-refractivity contribution is 0.0690. The van der Waals surface area contributed by atoms with E-state index in [1.165, 1.54) is 0 Å². The van der Waals surface area contributed by atoms with Gasteiger partial charge in [-0.1, -0.05) is 65.9 Å². The van der Waals surface area contributed by atoms with E-state index < -0.39 is 5.97 Å². The average Bonchev–Trinajstić information content (AvgIpc) is 3.03. The maximum absolute atomic E-state index is 10.9. The van der Waals surface area contributed by atoms with Crippen LogP contribution >= 0.6 is 0 Å². The summed E-state index contributed by atoms with van der Waals surface area (Å²) in [6, 6.07) is 18.1. The molecule has 0 amide bonds. The van der Waals surface area contributed by atoms with Gasteiger partial charge in [-0.3, -0.25) is 5.10 Å². The van der Waals surface area contributed by atoms with Gasteiger partial charge in [0.2, 0.25) is 0 Å². The van der Waals surface area contributed by atoms with Crippen molar-refractivity contribution in [3.8, 4) is 11.1 Å². The SMILES string of the molecule is O=C(O)c1nn[nH]c1C=Cc1ccc(-c2ccccc2)cc1. The summed E-state index contributed by atoms with van der Waals surface area (Å²) in [7, 11) is 0. The lowest BCUT2D eigenvalue weighted by Crippen LogP contribution is -1.98. The summed E-state index contributed by atoms with van der Waals surface area (Å²) in [4.78, 5) is 10.9. The molecule has 1 aromatic heterocycles. The molecule has 0 aliphatic heterocycles. The van der Waals surface area contributed by atoms with Gasteiger partial charge >= 0.3 is 5.97 Å². The zero-order valence-electron chi connectivity index (χ0n) is 11.6. The molecule has 0 unspecified atom stereocenters. The van der Waals surface area contributed by atoms with E-state index in [4.69, 9.17) is 5.11 Å². The normalized spacial score (nSPS) is 10.9. The summed E-state index contributed by atoms with van der Waals surface area (Å²) in [5.41, 5.74) is 3.54. The van der Waals surface area contributed by atoms with Crippen molar-refractivity contribution in [1.82, 2.24) is 15.4 Å². The molecular weight excluding hydrogens is 278 g/mol. The standard InChI is InChI=1S/C17H13N3O2/c21-17(22)16-15(18-20-19-16)11-8-12-6-9-14(10-7-12)13-4-2-1-3-5-13/h1-11H,(H,21,22)(H,18,19,20). The number of hydrogen-bond donors (Lipinski definition) is 2. The average molecular weight is 291 g/mol. The van der Waals surface area contributed by atoms with Gasteiger partial charge in [-0.05, 0) is 22.8 Å². The molecule has 0 aliphatic rings. The molecule has 0 bridgehead atoms. The predicted molar refractivity (Wildman–Crippen MR) is 84.1 cm³/mol. The Bertz CT molecular complexity index is 805. The number of benzene rings is 2. The molecule has 108 valence electrons. The van der Waals surface area contributed by atoms with E-state index in [9.17, 15) is 4.79 Å². The van der Waals surface area contributed by atoms with E-state index in [0.29, 0.717) is 5.69 Å². The van der Waals surface area contributed by atoms with Gasteiger partial charge in [-0.2, -0.15) is 0 Å². The number of nitrogens with one attached hydrogen (secondary N) is 1. The Kier molecular flexibility index (Phi) is 3.78. The van der Waals surface area contributed by atoms with E-state index in [0.717, 1.165) is 16.7 Å². The Hall–Kier alpha value is -3.21. The number of rotatable bonds is 4. The molecule has 5 nitrogen and oxygen atoms in total. The van der Waals surface area contributed by atoms with Gasteiger partial charge in [-0.25, -0.2) is 4.79 Å². The predicted octanol–water partition coefficient (Wildman–Crippen LogP) is 3.34. The van der Waals surface area contributed by atoms with Crippen molar-refractivity contribution >= 4 is 18.1 Å². The molecule has 0 radical (unpaired) electrons. The van der Waals surface area contributed by atoms with Gasteiger partial charge in [0.05, 0.1) is 5.69 Å². The highest BCUT2D eigenvalue weighted by Gasteiger charge is 2.11. The van der Waals surface area contributed by atoms with Crippen molar-refractivity contribution in [1.29, 1.82) is 0 Å². The minimum atomic E-state index is -1.10. The van der Waals surface area contributed by atoms with Crippen LogP contribution in [0.1, 0.15) is 21.7 Å². The highest BCUT2D eigenvalue weighted by atomic mass is 16.4. The van der Waals surface area contributed by atoms with E-state index in [-0.39, 0.29) is 5.69 Å². The van der Waals surface area contributed by atoms with Crippen LogP contribution < -0.4 is 0 Å². The number of aromatic carboxylic acids is 1. The van der Waals surface area contributed by atoms with Gasteiger partial charge in [0.1, 0.15) is 0 Å². The van der Waals surface area contributed by atoms with Gasteiger partial charge in [0, 0.05) is 0 Å². The number of H-pyrrole nitrogens is 1. The maximum atomic E-state index is 10.9. The van der Waals surface area contributed by atoms with Crippen molar-refractivity contribution in [2.24, 2.45) is 0 Å². The van der Waals surface area contributed by atoms with Crippen LogP contribution in [0.15, 0.2) is 54.6 Å². The summed E-state index contributed by atoms with van der Waals surface area (Å²) in [5, 5.41) is 18.6. The molecule has 3 aromatic rings. The van der Waals surface area contributed by atoms with Gasteiger partial charge in [0.15, 0.2) is 5.69 Å². The summed E-state index contributed by atoms with van der Waals surface area (Å²) in [5.74, 6) is -1.10. The zero-order valence-corrected chi connectivity index (χ0v) is 11.6. The van der Waals surface area contributed by atoms with Gasteiger partial charge in [-0.15, -0.1) is 5.10 Å². The molecule has 0 fully saturated rings. The fourth-order valence-electron chi connectivity index (χ4n) is 2.11. The number of carbonyl (C=O) groups is 1. The summed E-state index contributed by atoms with van der Waals surface area (Å²) < 4.78 is 0. The molecule has 0 aliphatic carbocycles. The van der Waals surface area contributed by atoms with Crippen LogP contribution in [-0.2, 0) is 0 Å². The summed E-state index contributed by atoms with van der Waals surface area (Å²) >= 11 is 0. The summed E-state index contributed by atoms with van der Waals surface area (Å²) in [6.07, 6.45) is 3.47. The minimum absolute atomic E-state index is 0.0860.